The lowest BCUT2D eigenvalue weighted by Gasteiger charge is -2.26. The molecule has 2 unspecified atom stereocenters. The Balaban J connectivity index is 2.28. The molecule has 1 N–H and O–H groups in total. The topological polar surface area (TPSA) is 66.8 Å². The van der Waals surface area contributed by atoms with Crippen LogP contribution < -0.4 is 4.74 Å². The molecule has 114 valence electrons. The number of carboxylic acids is 1. The second kappa shape index (κ2) is 6.16. The number of carbonyl (C=O) groups excluding carboxylic acids is 1. The molecule has 0 aromatic heterocycles. The fourth-order valence-corrected chi connectivity index (χ4v) is 2.81. The van der Waals surface area contributed by atoms with Crippen LogP contribution in [0.25, 0.3) is 0 Å². The molecule has 0 aliphatic carbocycles. The molecule has 5 heteroatoms. The summed E-state index contributed by atoms with van der Waals surface area (Å²) in [5.41, 5.74) is 0.839. The molecule has 0 saturated carbocycles. The van der Waals surface area contributed by atoms with Crippen molar-refractivity contribution in [2.75, 3.05) is 6.54 Å². The van der Waals surface area contributed by atoms with Crippen molar-refractivity contribution >= 4 is 11.9 Å². The fourth-order valence-electron chi connectivity index (χ4n) is 2.81. The van der Waals surface area contributed by atoms with Crippen LogP contribution in [0.1, 0.15) is 38.8 Å². The number of aliphatic carboxylic acids is 1. The molecule has 2 rings (SSSR count). The van der Waals surface area contributed by atoms with Crippen LogP contribution >= 0.6 is 0 Å². The molecule has 0 bridgehead atoms. The summed E-state index contributed by atoms with van der Waals surface area (Å²) >= 11 is 0. The van der Waals surface area contributed by atoms with E-state index >= 15 is 0 Å². The first-order valence-corrected chi connectivity index (χ1v) is 7.23. The molecule has 5 nitrogen and oxygen atoms in total. The number of carboxylic acid groups (broad SMARTS) is 1. The van der Waals surface area contributed by atoms with Crippen molar-refractivity contribution in [3.63, 3.8) is 0 Å². The second-order valence-corrected chi connectivity index (χ2v) is 5.51. The highest BCUT2D eigenvalue weighted by Gasteiger charge is 2.43. The number of likely N-dealkylation sites (tertiary alicyclic amines) is 1. The van der Waals surface area contributed by atoms with E-state index in [1.54, 1.807) is 4.90 Å². The smallest absolute Gasteiger partial charge is 0.309 e. The normalized spacial score (nSPS) is 21.9. The third-order valence-corrected chi connectivity index (χ3v) is 3.68. The van der Waals surface area contributed by atoms with Gasteiger partial charge in [0.15, 0.2) is 0 Å². The minimum Gasteiger partial charge on any atom is -0.491 e. The third-order valence-electron chi connectivity index (χ3n) is 3.68. The molecular formula is C16H21NO4. The van der Waals surface area contributed by atoms with Crippen molar-refractivity contribution < 1.29 is 19.4 Å². The highest BCUT2D eigenvalue weighted by atomic mass is 16.5. The van der Waals surface area contributed by atoms with E-state index < -0.39 is 17.9 Å². The van der Waals surface area contributed by atoms with Gasteiger partial charge in [0.1, 0.15) is 5.75 Å². The molecule has 2 atom stereocenters. The molecule has 1 amide bonds. The Morgan fingerprint density at radius 1 is 1.38 bits per heavy atom. The minimum atomic E-state index is -0.924. The monoisotopic (exact) mass is 291 g/mol. The lowest BCUT2D eigenvalue weighted by molar-refractivity contribution is -0.142. The SMILES string of the molecule is CCN1C(=O)CC(C(=O)O)C1c1ccc(OC(C)C)cc1. The Morgan fingerprint density at radius 3 is 2.48 bits per heavy atom. The van der Waals surface area contributed by atoms with Crippen LogP contribution in [0.5, 0.6) is 5.75 Å². The molecular weight excluding hydrogens is 270 g/mol. The molecule has 1 fully saturated rings. The van der Waals surface area contributed by atoms with Crippen molar-refractivity contribution in [1.29, 1.82) is 0 Å². The number of hydrogen-bond acceptors (Lipinski definition) is 3. The van der Waals surface area contributed by atoms with E-state index in [-0.39, 0.29) is 18.4 Å². The van der Waals surface area contributed by atoms with E-state index in [1.165, 1.54) is 0 Å². The van der Waals surface area contributed by atoms with Gasteiger partial charge < -0.3 is 14.7 Å². The number of hydrogen-bond donors (Lipinski definition) is 1. The predicted molar refractivity (Wildman–Crippen MR) is 78.1 cm³/mol. The van der Waals surface area contributed by atoms with Crippen LogP contribution in [0, 0.1) is 5.92 Å². The largest absolute Gasteiger partial charge is 0.491 e. The predicted octanol–water partition coefficient (Wildman–Crippen LogP) is 2.47. The average molecular weight is 291 g/mol. The van der Waals surface area contributed by atoms with Gasteiger partial charge >= 0.3 is 5.97 Å². The van der Waals surface area contributed by atoms with Gasteiger partial charge in [0.2, 0.25) is 5.91 Å². The summed E-state index contributed by atoms with van der Waals surface area (Å²) in [4.78, 5) is 25.0. The Labute approximate surface area is 124 Å². The van der Waals surface area contributed by atoms with E-state index in [4.69, 9.17) is 4.74 Å². The third kappa shape index (κ3) is 3.17. The Kier molecular flexibility index (Phi) is 4.50. The van der Waals surface area contributed by atoms with Crippen LogP contribution in [0.4, 0.5) is 0 Å². The summed E-state index contributed by atoms with van der Waals surface area (Å²) in [5, 5.41) is 9.35. The summed E-state index contributed by atoms with van der Waals surface area (Å²) in [7, 11) is 0. The zero-order chi connectivity index (χ0) is 15.6. The highest BCUT2D eigenvalue weighted by Crippen LogP contribution is 2.38. The highest BCUT2D eigenvalue weighted by molar-refractivity contribution is 5.87. The molecule has 1 aromatic rings. The van der Waals surface area contributed by atoms with Gasteiger partial charge in [-0.05, 0) is 38.5 Å². The van der Waals surface area contributed by atoms with Crippen molar-refractivity contribution in [2.24, 2.45) is 5.92 Å². The minimum absolute atomic E-state index is 0.0675. The quantitative estimate of drug-likeness (QED) is 0.905. The maximum absolute atomic E-state index is 12.0. The zero-order valence-electron chi connectivity index (χ0n) is 12.6. The van der Waals surface area contributed by atoms with Crippen molar-refractivity contribution in [1.82, 2.24) is 4.90 Å². The van der Waals surface area contributed by atoms with Gasteiger partial charge in [-0.2, -0.15) is 0 Å². The van der Waals surface area contributed by atoms with E-state index in [0.717, 1.165) is 11.3 Å². The maximum Gasteiger partial charge on any atom is 0.309 e. The summed E-state index contributed by atoms with van der Waals surface area (Å²) in [5.74, 6) is -0.966. The van der Waals surface area contributed by atoms with E-state index in [0.29, 0.717) is 6.54 Å². The summed E-state index contributed by atoms with van der Waals surface area (Å²) in [6.45, 7) is 6.27. The van der Waals surface area contributed by atoms with Crippen molar-refractivity contribution in [3.05, 3.63) is 29.8 Å². The maximum atomic E-state index is 12.0. The molecule has 1 aliphatic heterocycles. The zero-order valence-corrected chi connectivity index (χ0v) is 12.6. The Hall–Kier alpha value is -2.04. The summed E-state index contributed by atoms with van der Waals surface area (Å²) in [6.07, 6.45) is 0.153. The number of ether oxygens (including phenoxy) is 1. The van der Waals surface area contributed by atoms with Gasteiger partial charge in [-0.25, -0.2) is 0 Å². The van der Waals surface area contributed by atoms with Gasteiger partial charge in [0.25, 0.3) is 0 Å². The average Bonchev–Trinajstić information content (AvgIpc) is 2.76. The van der Waals surface area contributed by atoms with Crippen LogP contribution in [-0.2, 0) is 9.59 Å². The van der Waals surface area contributed by atoms with Gasteiger partial charge in [0.05, 0.1) is 18.1 Å². The number of carbonyl (C=O) groups is 2. The first-order chi connectivity index (χ1) is 9.93. The standard InChI is InChI=1S/C16H21NO4/c1-4-17-14(18)9-13(16(19)20)15(17)11-5-7-12(8-6-11)21-10(2)3/h5-8,10,13,15H,4,9H2,1-3H3,(H,19,20). The first kappa shape index (κ1) is 15.4. The lowest BCUT2D eigenvalue weighted by Crippen LogP contribution is -2.30. The Bertz CT molecular complexity index is 524. The lowest BCUT2D eigenvalue weighted by atomic mass is 9.93. The van der Waals surface area contributed by atoms with Gasteiger partial charge in [-0.3, -0.25) is 9.59 Å². The summed E-state index contributed by atoms with van der Waals surface area (Å²) < 4.78 is 5.58. The number of rotatable bonds is 5. The summed E-state index contributed by atoms with van der Waals surface area (Å²) in [6, 6.07) is 6.95. The first-order valence-electron chi connectivity index (χ1n) is 7.23. The van der Waals surface area contributed by atoms with Crippen molar-refractivity contribution in [2.45, 2.75) is 39.3 Å². The molecule has 1 saturated heterocycles. The second-order valence-electron chi connectivity index (χ2n) is 5.51. The van der Waals surface area contributed by atoms with Gasteiger partial charge in [0, 0.05) is 13.0 Å². The molecule has 1 aromatic carbocycles. The van der Waals surface area contributed by atoms with Crippen LogP contribution in [-0.4, -0.2) is 34.5 Å². The van der Waals surface area contributed by atoms with Crippen LogP contribution in [0.3, 0.4) is 0 Å². The van der Waals surface area contributed by atoms with Crippen molar-refractivity contribution in [3.8, 4) is 5.75 Å². The van der Waals surface area contributed by atoms with Crippen LogP contribution in [0.2, 0.25) is 0 Å². The Morgan fingerprint density at radius 2 is 2.00 bits per heavy atom. The molecule has 1 heterocycles. The van der Waals surface area contributed by atoms with Gasteiger partial charge in [-0.1, -0.05) is 12.1 Å². The molecule has 0 radical (unpaired) electrons. The molecule has 21 heavy (non-hydrogen) atoms. The van der Waals surface area contributed by atoms with E-state index in [2.05, 4.69) is 0 Å². The number of amides is 1. The molecule has 0 spiro atoms. The molecule has 1 aliphatic rings. The number of nitrogens with zero attached hydrogens (tertiary/aromatic N) is 1. The van der Waals surface area contributed by atoms with Gasteiger partial charge in [-0.15, -0.1) is 0 Å². The number of benzene rings is 1. The van der Waals surface area contributed by atoms with E-state index in [1.807, 2.05) is 45.0 Å². The fraction of sp³-hybridized carbons (Fsp3) is 0.500. The van der Waals surface area contributed by atoms with Crippen LogP contribution in [0.15, 0.2) is 24.3 Å². The van der Waals surface area contributed by atoms with E-state index in [9.17, 15) is 14.7 Å².